The summed E-state index contributed by atoms with van der Waals surface area (Å²) in [5.41, 5.74) is 4.42. The molecule has 2 aromatic rings. The fraction of sp³-hybridized carbons (Fsp3) is 0. The molecule has 2 aliphatic rings. The number of carbonyl (C=O) groups is 1. The number of hydrogen-bond acceptors (Lipinski definition) is 4. The smallest absolute Gasteiger partial charge is 0.220 e. The lowest BCUT2D eigenvalue weighted by atomic mass is 9.94. The number of aromatic hydroxyl groups is 2. The Bertz CT molecular complexity index is 947. The van der Waals surface area contributed by atoms with Crippen LogP contribution in [-0.4, -0.2) is 21.1 Å². The number of allylic oxidation sites excluding steroid dienone is 4. The summed E-state index contributed by atoms with van der Waals surface area (Å²) in [6, 6.07) is 12.4. The first-order valence-corrected chi connectivity index (χ1v) is 7.10. The van der Waals surface area contributed by atoms with E-state index >= 15 is 0 Å². The lowest BCUT2D eigenvalue weighted by Gasteiger charge is -2.10. The Morgan fingerprint density at radius 1 is 0.783 bits per heavy atom. The summed E-state index contributed by atoms with van der Waals surface area (Å²) in [6.45, 7) is 0. The molecule has 0 fully saturated rings. The minimum absolute atomic E-state index is 0.225. The van der Waals surface area contributed by atoms with E-state index in [4.69, 9.17) is 0 Å². The van der Waals surface area contributed by atoms with Gasteiger partial charge < -0.3 is 15.3 Å². The number of hydrogen-bond donors (Lipinski definition) is 3. The zero-order valence-electron chi connectivity index (χ0n) is 11.9. The van der Waals surface area contributed by atoms with Crippen molar-refractivity contribution in [1.82, 2.24) is 0 Å². The van der Waals surface area contributed by atoms with Crippen LogP contribution in [0.15, 0.2) is 65.9 Å². The van der Waals surface area contributed by atoms with Crippen molar-refractivity contribution in [2.45, 2.75) is 0 Å². The van der Waals surface area contributed by atoms with Crippen LogP contribution in [0.4, 0.5) is 0 Å². The predicted molar refractivity (Wildman–Crippen MR) is 85.9 cm³/mol. The Hall–Kier alpha value is -3.27. The second-order valence-corrected chi connectivity index (χ2v) is 5.49. The van der Waals surface area contributed by atoms with Crippen molar-refractivity contribution in [3.8, 4) is 11.5 Å². The Morgan fingerprint density at radius 3 is 2.13 bits per heavy atom. The number of rotatable bonds is 1. The van der Waals surface area contributed by atoms with E-state index in [-0.39, 0.29) is 17.3 Å². The Kier molecular flexibility index (Phi) is 2.69. The zero-order valence-corrected chi connectivity index (χ0v) is 11.9. The molecule has 0 saturated carbocycles. The van der Waals surface area contributed by atoms with Crippen LogP contribution in [0, 0.1) is 0 Å². The van der Waals surface area contributed by atoms with Crippen molar-refractivity contribution in [1.29, 1.82) is 0 Å². The van der Waals surface area contributed by atoms with Crippen LogP contribution in [0.5, 0.6) is 11.5 Å². The SMILES string of the molecule is O=C1C=C2C(=C(c3ccccc3)c3cc(O)c(O)cc32)C=C1O. The van der Waals surface area contributed by atoms with Gasteiger partial charge in [0.2, 0.25) is 5.78 Å². The van der Waals surface area contributed by atoms with E-state index in [2.05, 4.69) is 0 Å². The molecule has 0 bridgehead atoms. The molecule has 0 aromatic heterocycles. The molecule has 0 unspecified atom stereocenters. The summed E-state index contributed by atoms with van der Waals surface area (Å²) in [5, 5.41) is 29.5. The molecule has 2 aromatic carbocycles. The molecule has 23 heavy (non-hydrogen) atoms. The van der Waals surface area contributed by atoms with Crippen LogP contribution >= 0.6 is 0 Å². The maximum atomic E-state index is 11.8. The average Bonchev–Trinajstić information content (AvgIpc) is 2.82. The van der Waals surface area contributed by atoms with Gasteiger partial charge >= 0.3 is 0 Å². The lowest BCUT2D eigenvalue weighted by molar-refractivity contribution is -0.113. The van der Waals surface area contributed by atoms with E-state index in [1.54, 1.807) is 0 Å². The number of benzene rings is 2. The fourth-order valence-electron chi connectivity index (χ4n) is 3.07. The van der Waals surface area contributed by atoms with E-state index in [1.165, 1.54) is 24.3 Å². The van der Waals surface area contributed by atoms with Crippen LogP contribution in [0.3, 0.4) is 0 Å². The molecule has 0 radical (unpaired) electrons. The van der Waals surface area contributed by atoms with Gasteiger partial charge in [-0.2, -0.15) is 0 Å². The van der Waals surface area contributed by atoms with Crippen molar-refractivity contribution in [3.63, 3.8) is 0 Å². The number of phenolic OH excluding ortho intramolecular Hbond substituents is 2. The van der Waals surface area contributed by atoms with Gasteiger partial charge in [-0.3, -0.25) is 4.79 Å². The number of fused-ring (bicyclic) bond motifs is 3. The molecule has 0 heterocycles. The van der Waals surface area contributed by atoms with Gasteiger partial charge in [-0.25, -0.2) is 0 Å². The number of carbonyl (C=O) groups excluding carboxylic acids is 1. The van der Waals surface area contributed by atoms with Gasteiger partial charge in [0.1, 0.15) is 0 Å². The summed E-state index contributed by atoms with van der Waals surface area (Å²) in [5.74, 6) is -1.27. The van der Waals surface area contributed by atoms with Gasteiger partial charge in [-0.1, -0.05) is 30.3 Å². The standard InChI is InChI=1S/C19H12O4/c20-15-6-11-12-7-16(21)18(23)9-14(12)19(13(11)8-17(15)22)10-4-2-1-3-5-10/h1-9,20,22-23H. The third-order valence-electron chi connectivity index (χ3n) is 4.11. The molecule has 4 heteroatoms. The molecule has 0 atom stereocenters. The maximum absolute atomic E-state index is 11.8. The first-order valence-electron chi connectivity index (χ1n) is 7.10. The molecule has 0 aliphatic heterocycles. The third-order valence-corrected chi connectivity index (χ3v) is 4.11. The molecule has 4 rings (SSSR count). The van der Waals surface area contributed by atoms with Crippen molar-refractivity contribution < 1.29 is 20.1 Å². The first-order chi connectivity index (χ1) is 11.1. The first kappa shape index (κ1) is 13.4. The number of ketones is 1. The van der Waals surface area contributed by atoms with Gasteiger partial charge in [0, 0.05) is 0 Å². The van der Waals surface area contributed by atoms with E-state index in [9.17, 15) is 20.1 Å². The largest absolute Gasteiger partial charge is 0.504 e. The molecule has 3 N–H and O–H groups in total. The summed E-state index contributed by atoms with van der Waals surface area (Å²) < 4.78 is 0. The van der Waals surface area contributed by atoms with Crippen molar-refractivity contribution in [2.75, 3.05) is 0 Å². The van der Waals surface area contributed by atoms with E-state index in [0.29, 0.717) is 22.3 Å². The summed E-state index contributed by atoms with van der Waals surface area (Å²) in [4.78, 5) is 11.8. The van der Waals surface area contributed by atoms with Gasteiger partial charge in [0.15, 0.2) is 17.3 Å². The second kappa shape index (κ2) is 4.61. The molecule has 0 spiro atoms. The van der Waals surface area contributed by atoms with Gasteiger partial charge in [0.25, 0.3) is 0 Å². The van der Waals surface area contributed by atoms with Crippen LogP contribution in [-0.2, 0) is 4.79 Å². The van der Waals surface area contributed by atoms with E-state index in [0.717, 1.165) is 11.1 Å². The molecule has 0 saturated heterocycles. The second-order valence-electron chi connectivity index (χ2n) is 5.49. The Balaban J connectivity index is 2.08. The normalized spacial score (nSPS) is 15.9. The highest BCUT2D eigenvalue weighted by atomic mass is 16.3. The maximum Gasteiger partial charge on any atom is 0.220 e. The average molecular weight is 304 g/mol. The van der Waals surface area contributed by atoms with Crippen LogP contribution in [0.2, 0.25) is 0 Å². The van der Waals surface area contributed by atoms with E-state index in [1.807, 2.05) is 30.3 Å². The topological polar surface area (TPSA) is 77.8 Å². The van der Waals surface area contributed by atoms with Crippen molar-refractivity contribution in [3.05, 3.63) is 82.6 Å². The minimum Gasteiger partial charge on any atom is -0.504 e. The van der Waals surface area contributed by atoms with Gasteiger partial charge in [-0.05, 0) is 57.7 Å². The zero-order chi connectivity index (χ0) is 16.1. The lowest BCUT2D eigenvalue weighted by Crippen LogP contribution is -2.05. The predicted octanol–water partition coefficient (Wildman–Crippen LogP) is 3.32. The summed E-state index contributed by atoms with van der Waals surface area (Å²) in [7, 11) is 0. The third kappa shape index (κ3) is 1.89. The van der Waals surface area contributed by atoms with Crippen LogP contribution < -0.4 is 0 Å². The van der Waals surface area contributed by atoms with Gasteiger partial charge in [0.05, 0.1) is 0 Å². The highest BCUT2D eigenvalue weighted by Gasteiger charge is 2.31. The highest BCUT2D eigenvalue weighted by Crippen LogP contribution is 2.49. The molecule has 2 aliphatic carbocycles. The summed E-state index contributed by atoms with van der Waals surface area (Å²) >= 11 is 0. The Morgan fingerprint density at radius 2 is 1.43 bits per heavy atom. The molecule has 4 nitrogen and oxygen atoms in total. The number of aliphatic hydroxyl groups is 1. The van der Waals surface area contributed by atoms with Gasteiger partial charge in [-0.15, -0.1) is 0 Å². The quantitative estimate of drug-likeness (QED) is 0.706. The Labute approximate surface area is 132 Å². The number of phenols is 2. The van der Waals surface area contributed by atoms with E-state index < -0.39 is 5.78 Å². The number of aliphatic hydroxyl groups excluding tert-OH is 1. The van der Waals surface area contributed by atoms with Crippen molar-refractivity contribution >= 4 is 16.9 Å². The fourth-order valence-corrected chi connectivity index (χ4v) is 3.07. The van der Waals surface area contributed by atoms with Crippen LogP contribution in [0.1, 0.15) is 16.7 Å². The van der Waals surface area contributed by atoms with Crippen LogP contribution in [0.25, 0.3) is 11.1 Å². The monoisotopic (exact) mass is 304 g/mol. The molecule has 0 amide bonds. The summed E-state index contributed by atoms with van der Waals surface area (Å²) in [6.07, 6.45) is 2.80. The molecular weight excluding hydrogens is 292 g/mol. The minimum atomic E-state index is -0.475. The van der Waals surface area contributed by atoms with Crippen molar-refractivity contribution in [2.24, 2.45) is 0 Å². The molecular formula is C19H12O4. The highest BCUT2D eigenvalue weighted by molar-refractivity contribution is 6.18. The molecule has 112 valence electrons.